The lowest BCUT2D eigenvalue weighted by Gasteiger charge is -2.14. The highest BCUT2D eigenvalue weighted by Crippen LogP contribution is 2.24. The van der Waals surface area contributed by atoms with E-state index in [0.717, 1.165) is 6.54 Å². The van der Waals surface area contributed by atoms with Crippen molar-refractivity contribution in [2.75, 3.05) is 0 Å². The molecule has 0 bridgehead atoms. The van der Waals surface area contributed by atoms with Gasteiger partial charge in [0, 0.05) is 36.2 Å². The van der Waals surface area contributed by atoms with Crippen LogP contribution in [0.5, 0.6) is 0 Å². The van der Waals surface area contributed by atoms with Crippen LogP contribution in [0.25, 0.3) is 10.9 Å². The van der Waals surface area contributed by atoms with Crippen LogP contribution in [0, 0.1) is 6.92 Å². The van der Waals surface area contributed by atoms with Crippen LogP contribution in [0.15, 0.2) is 24.3 Å². The van der Waals surface area contributed by atoms with Crippen molar-refractivity contribution in [1.82, 2.24) is 9.88 Å². The molecule has 1 aromatic heterocycles. The fourth-order valence-electron chi connectivity index (χ4n) is 2.69. The second-order valence-corrected chi connectivity index (χ2v) is 5.22. The lowest BCUT2D eigenvalue weighted by atomic mass is 10.1. The number of hydrogen-bond donors (Lipinski definition) is 1. The van der Waals surface area contributed by atoms with E-state index < -0.39 is 0 Å². The monoisotopic (exact) mass is 244 g/mol. The summed E-state index contributed by atoms with van der Waals surface area (Å²) in [5.74, 6) is 0. The third-order valence-electron chi connectivity index (χ3n) is 3.85. The van der Waals surface area contributed by atoms with E-state index in [9.17, 15) is 0 Å². The molecule has 18 heavy (non-hydrogen) atoms. The first kappa shape index (κ1) is 13.2. The van der Waals surface area contributed by atoms with Crippen molar-refractivity contribution < 1.29 is 0 Å². The van der Waals surface area contributed by atoms with Gasteiger partial charge in [-0.25, -0.2) is 0 Å². The van der Waals surface area contributed by atoms with E-state index >= 15 is 0 Å². The van der Waals surface area contributed by atoms with E-state index in [1.54, 1.807) is 0 Å². The number of nitrogens with zero attached hydrogens (tertiary/aromatic N) is 1. The minimum Gasteiger partial charge on any atom is -0.346 e. The predicted octanol–water partition coefficient (Wildman–Crippen LogP) is 3.76. The van der Waals surface area contributed by atoms with E-state index in [1.165, 1.54) is 35.0 Å². The molecule has 1 heterocycles. The summed E-state index contributed by atoms with van der Waals surface area (Å²) in [4.78, 5) is 0. The first-order valence-electron chi connectivity index (χ1n) is 6.91. The van der Waals surface area contributed by atoms with Crippen molar-refractivity contribution in [3.63, 3.8) is 0 Å². The van der Waals surface area contributed by atoms with Gasteiger partial charge >= 0.3 is 0 Å². The molecule has 2 nitrogen and oxygen atoms in total. The van der Waals surface area contributed by atoms with Gasteiger partial charge in [0.1, 0.15) is 0 Å². The van der Waals surface area contributed by atoms with Crippen LogP contribution < -0.4 is 5.32 Å². The van der Waals surface area contributed by atoms with E-state index in [4.69, 9.17) is 0 Å². The predicted molar refractivity (Wildman–Crippen MR) is 78.9 cm³/mol. The molecule has 0 amide bonds. The Morgan fingerprint density at radius 1 is 1.28 bits per heavy atom. The maximum Gasteiger partial charge on any atom is 0.0483 e. The average molecular weight is 244 g/mol. The van der Waals surface area contributed by atoms with E-state index in [1.807, 2.05) is 0 Å². The van der Waals surface area contributed by atoms with Gasteiger partial charge < -0.3 is 9.88 Å². The van der Waals surface area contributed by atoms with Crippen molar-refractivity contribution in [3.8, 4) is 0 Å². The van der Waals surface area contributed by atoms with Crippen molar-refractivity contribution in [3.05, 3.63) is 35.5 Å². The summed E-state index contributed by atoms with van der Waals surface area (Å²) in [6.07, 6.45) is 2.48. The fraction of sp³-hybridized carbons (Fsp3) is 0.500. The summed E-state index contributed by atoms with van der Waals surface area (Å²) >= 11 is 0. The zero-order valence-corrected chi connectivity index (χ0v) is 12.0. The van der Waals surface area contributed by atoms with Crippen LogP contribution in [-0.2, 0) is 13.6 Å². The molecule has 0 radical (unpaired) electrons. The van der Waals surface area contributed by atoms with Crippen molar-refractivity contribution in [2.24, 2.45) is 7.05 Å². The Labute approximate surface area is 110 Å². The molecule has 98 valence electrons. The summed E-state index contributed by atoms with van der Waals surface area (Å²) in [6.45, 7) is 7.68. The van der Waals surface area contributed by atoms with E-state index in [-0.39, 0.29) is 0 Å². The zero-order chi connectivity index (χ0) is 13.1. The Hall–Kier alpha value is -1.28. The number of nitrogens with one attached hydrogen (secondary N) is 1. The van der Waals surface area contributed by atoms with Crippen LogP contribution in [0.1, 0.15) is 37.9 Å². The summed E-state index contributed by atoms with van der Waals surface area (Å²) in [5, 5.41) is 5.00. The highest BCUT2D eigenvalue weighted by Gasteiger charge is 2.11. The third-order valence-corrected chi connectivity index (χ3v) is 3.85. The lowest BCUT2D eigenvalue weighted by Crippen LogP contribution is -2.26. The van der Waals surface area contributed by atoms with Gasteiger partial charge in [-0.1, -0.05) is 31.5 Å². The Balaban J connectivity index is 2.23. The molecule has 2 rings (SSSR count). The molecule has 1 unspecified atom stereocenters. The van der Waals surface area contributed by atoms with Crippen LogP contribution in [0.4, 0.5) is 0 Å². The van der Waals surface area contributed by atoms with Gasteiger partial charge in [0.05, 0.1) is 0 Å². The summed E-state index contributed by atoms with van der Waals surface area (Å²) in [7, 11) is 2.16. The van der Waals surface area contributed by atoms with Crippen LogP contribution in [-0.4, -0.2) is 10.6 Å². The maximum absolute atomic E-state index is 3.62. The molecule has 0 fully saturated rings. The average Bonchev–Trinajstić information content (AvgIpc) is 2.61. The zero-order valence-electron chi connectivity index (χ0n) is 12.0. The Bertz CT molecular complexity index is 486. The molecule has 1 atom stereocenters. The van der Waals surface area contributed by atoms with Gasteiger partial charge in [-0.15, -0.1) is 0 Å². The van der Waals surface area contributed by atoms with Crippen LogP contribution >= 0.6 is 0 Å². The minimum absolute atomic E-state index is 0.590. The summed E-state index contributed by atoms with van der Waals surface area (Å²) in [6, 6.07) is 9.23. The fourth-order valence-corrected chi connectivity index (χ4v) is 2.69. The second kappa shape index (κ2) is 5.57. The molecule has 0 aliphatic carbocycles. The molecule has 0 saturated heterocycles. The van der Waals surface area contributed by atoms with Gasteiger partial charge in [0.15, 0.2) is 0 Å². The SMILES string of the molecule is CCCC(C)NCc1c(C)c2ccccc2n1C. The van der Waals surface area contributed by atoms with Gasteiger partial charge in [-0.05, 0) is 31.9 Å². The quantitative estimate of drug-likeness (QED) is 0.847. The van der Waals surface area contributed by atoms with Gasteiger partial charge in [-0.3, -0.25) is 0 Å². The molecular weight excluding hydrogens is 220 g/mol. The minimum atomic E-state index is 0.590. The van der Waals surface area contributed by atoms with Crippen LogP contribution in [0.3, 0.4) is 0 Å². The lowest BCUT2D eigenvalue weighted by molar-refractivity contribution is 0.499. The van der Waals surface area contributed by atoms with Crippen molar-refractivity contribution in [1.29, 1.82) is 0 Å². The molecule has 1 N–H and O–H groups in total. The first-order chi connectivity index (χ1) is 8.65. The standard InChI is InChI=1S/C16H24N2/c1-5-8-12(2)17-11-16-13(3)14-9-6-7-10-15(14)18(16)4/h6-7,9-10,12,17H,5,8,11H2,1-4H3. The highest BCUT2D eigenvalue weighted by molar-refractivity contribution is 5.85. The largest absolute Gasteiger partial charge is 0.346 e. The molecule has 0 spiro atoms. The number of benzene rings is 1. The summed E-state index contributed by atoms with van der Waals surface area (Å²) < 4.78 is 2.32. The Morgan fingerprint density at radius 3 is 2.67 bits per heavy atom. The first-order valence-corrected chi connectivity index (χ1v) is 6.91. The molecule has 2 heteroatoms. The molecule has 1 aromatic carbocycles. The van der Waals surface area contributed by atoms with E-state index in [2.05, 4.69) is 62.0 Å². The summed E-state index contributed by atoms with van der Waals surface area (Å²) in [5.41, 5.74) is 4.14. The number of aryl methyl sites for hydroxylation is 2. The number of aromatic nitrogens is 1. The normalized spacial score (nSPS) is 13.1. The van der Waals surface area contributed by atoms with Crippen molar-refractivity contribution >= 4 is 10.9 Å². The second-order valence-electron chi connectivity index (χ2n) is 5.22. The number of hydrogen-bond acceptors (Lipinski definition) is 1. The Kier molecular flexibility index (Phi) is 4.07. The van der Waals surface area contributed by atoms with Gasteiger partial charge in [0.25, 0.3) is 0 Å². The third kappa shape index (κ3) is 2.44. The smallest absolute Gasteiger partial charge is 0.0483 e. The number of rotatable bonds is 5. The molecule has 0 aliphatic rings. The van der Waals surface area contributed by atoms with Crippen molar-refractivity contribution in [2.45, 2.75) is 46.2 Å². The maximum atomic E-state index is 3.62. The van der Waals surface area contributed by atoms with Crippen LogP contribution in [0.2, 0.25) is 0 Å². The molecule has 0 aliphatic heterocycles. The molecule has 0 saturated carbocycles. The van der Waals surface area contributed by atoms with E-state index in [0.29, 0.717) is 6.04 Å². The number of para-hydroxylation sites is 1. The van der Waals surface area contributed by atoms with Gasteiger partial charge in [0.2, 0.25) is 0 Å². The highest BCUT2D eigenvalue weighted by atomic mass is 15.0. The van der Waals surface area contributed by atoms with Gasteiger partial charge in [-0.2, -0.15) is 0 Å². The number of fused-ring (bicyclic) bond motifs is 1. The molecule has 2 aromatic rings. The molecular formula is C16H24N2. The Morgan fingerprint density at radius 2 is 2.00 bits per heavy atom. The topological polar surface area (TPSA) is 17.0 Å².